The molecule has 0 N–H and O–H groups in total. The first-order valence-electron chi connectivity index (χ1n) is 2.30. The second kappa shape index (κ2) is 4.33. The molecule has 0 aliphatic heterocycles. The number of rotatable bonds is 2. The van der Waals surface area contributed by atoms with Crippen molar-refractivity contribution >= 4 is 31.9 Å². The fourth-order valence-electron chi connectivity index (χ4n) is 0.294. The predicted octanol–water partition coefficient (Wildman–Crippen LogP) is 3.58. The molecule has 0 amide bonds. The van der Waals surface area contributed by atoms with Crippen molar-refractivity contribution in [2.75, 3.05) is 0 Å². The third-order valence-electron chi connectivity index (χ3n) is 0.773. The van der Waals surface area contributed by atoms with Crippen LogP contribution in [0.2, 0.25) is 0 Å². The first kappa shape index (κ1) is 8.44. The van der Waals surface area contributed by atoms with Crippen LogP contribution in [0, 0.1) is 0 Å². The Labute approximate surface area is 66.9 Å². The Morgan fingerprint density at radius 3 is 2.25 bits per heavy atom. The van der Waals surface area contributed by atoms with Crippen LogP contribution in [0.15, 0.2) is 21.6 Å². The van der Waals surface area contributed by atoms with Crippen LogP contribution in [0.25, 0.3) is 0 Å². The summed E-state index contributed by atoms with van der Waals surface area (Å²) in [5, 5.41) is 0. The molecule has 0 aliphatic carbocycles. The van der Waals surface area contributed by atoms with Gasteiger partial charge in [-0.15, -0.1) is 6.58 Å². The highest BCUT2D eigenvalue weighted by Crippen LogP contribution is 2.20. The molecule has 0 saturated heterocycles. The maximum absolute atomic E-state index is 3.61. The molecule has 0 rings (SSSR count). The largest absolute Gasteiger partial charge is 0.103 e. The van der Waals surface area contributed by atoms with E-state index in [4.69, 9.17) is 0 Å². The van der Waals surface area contributed by atoms with Gasteiger partial charge in [-0.25, -0.2) is 0 Å². The molecular weight excluding hydrogens is 232 g/mol. The number of hydrogen-bond donors (Lipinski definition) is 0. The van der Waals surface area contributed by atoms with E-state index in [0.717, 1.165) is 9.81 Å². The van der Waals surface area contributed by atoms with E-state index in [9.17, 15) is 0 Å². The van der Waals surface area contributed by atoms with E-state index < -0.39 is 0 Å². The van der Waals surface area contributed by atoms with Gasteiger partial charge in [0, 0.05) is 0 Å². The van der Waals surface area contributed by atoms with E-state index in [1.807, 2.05) is 13.0 Å². The van der Waals surface area contributed by atoms with Gasteiger partial charge in [0.1, 0.15) is 0 Å². The Morgan fingerprint density at radius 2 is 2.12 bits per heavy atom. The lowest BCUT2D eigenvalue weighted by Crippen LogP contribution is -1.69. The zero-order valence-electron chi connectivity index (χ0n) is 4.75. The monoisotopic (exact) mass is 238 g/mol. The highest BCUT2D eigenvalue weighted by atomic mass is 79.9. The van der Waals surface area contributed by atoms with Crippen LogP contribution < -0.4 is 0 Å². The fraction of sp³-hybridized carbons (Fsp3) is 0.333. The summed E-state index contributed by atoms with van der Waals surface area (Å²) in [7, 11) is 0. The minimum absolute atomic E-state index is 0.936. The highest BCUT2D eigenvalue weighted by molar-refractivity contribution is 9.28. The minimum atomic E-state index is 0.936. The molecule has 0 aromatic rings. The third kappa shape index (κ3) is 3.44. The van der Waals surface area contributed by atoms with Crippen LogP contribution in [0.3, 0.4) is 0 Å². The summed E-state index contributed by atoms with van der Waals surface area (Å²) >= 11 is 6.58. The van der Waals surface area contributed by atoms with Crippen LogP contribution in [0.4, 0.5) is 0 Å². The van der Waals surface area contributed by atoms with E-state index in [1.54, 1.807) is 0 Å². The predicted molar refractivity (Wildman–Crippen MR) is 45.4 cm³/mol. The Bertz CT molecular complexity index is 110. The molecule has 0 nitrogen and oxygen atoms in total. The van der Waals surface area contributed by atoms with Crippen LogP contribution in [0.5, 0.6) is 0 Å². The molecule has 2 heteroatoms. The molecule has 0 aliphatic rings. The summed E-state index contributed by atoms with van der Waals surface area (Å²) in [6, 6.07) is 0. The van der Waals surface area contributed by atoms with E-state index >= 15 is 0 Å². The molecule has 0 radical (unpaired) electrons. The van der Waals surface area contributed by atoms with Gasteiger partial charge >= 0.3 is 0 Å². The van der Waals surface area contributed by atoms with Gasteiger partial charge in [0.2, 0.25) is 0 Å². The summed E-state index contributed by atoms with van der Waals surface area (Å²) in [6.45, 7) is 5.65. The van der Waals surface area contributed by atoms with Crippen molar-refractivity contribution in [3.8, 4) is 0 Å². The average Bonchev–Trinajstić information content (AvgIpc) is 1.67. The Balaban J connectivity index is 3.79. The molecule has 0 saturated carbocycles. The molecular formula is C6H8Br2. The quantitative estimate of drug-likeness (QED) is 0.647. The van der Waals surface area contributed by atoms with E-state index in [2.05, 4.69) is 38.4 Å². The Kier molecular flexibility index (Phi) is 4.57. The van der Waals surface area contributed by atoms with Crippen molar-refractivity contribution in [3.05, 3.63) is 21.6 Å². The first-order chi connectivity index (χ1) is 3.68. The van der Waals surface area contributed by atoms with Crippen molar-refractivity contribution < 1.29 is 0 Å². The Morgan fingerprint density at radius 1 is 1.62 bits per heavy atom. The maximum Gasteiger partial charge on any atom is 0.0596 e. The van der Waals surface area contributed by atoms with Gasteiger partial charge in [-0.2, -0.15) is 0 Å². The normalized spacial score (nSPS) is 8.38. The third-order valence-corrected chi connectivity index (χ3v) is 2.13. The van der Waals surface area contributed by atoms with Gasteiger partial charge in [-0.05, 0) is 50.8 Å². The average molecular weight is 240 g/mol. The summed E-state index contributed by atoms with van der Waals surface area (Å²) in [5.41, 5.74) is 1.26. The van der Waals surface area contributed by atoms with Gasteiger partial charge in [-0.3, -0.25) is 0 Å². The fourth-order valence-corrected chi connectivity index (χ4v) is 0.617. The van der Waals surface area contributed by atoms with Gasteiger partial charge in [0.25, 0.3) is 0 Å². The van der Waals surface area contributed by atoms with Crippen molar-refractivity contribution in [1.82, 2.24) is 0 Å². The van der Waals surface area contributed by atoms with Crippen molar-refractivity contribution in [1.29, 1.82) is 0 Å². The topological polar surface area (TPSA) is 0 Å². The van der Waals surface area contributed by atoms with Gasteiger partial charge < -0.3 is 0 Å². The zero-order valence-corrected chi connectivity index (χ0v) is 7.92. The molecule has 0 unspecified atom stereocenters. The molecule has 0 spiro atoms. The number of hydrogen-bond acceptors (Lipinski definition) is 0. The Hall–Kier alpha value is 0.440. The minimum Gasteiger partial charge on any atom is -0.103 e. The summed E-state index contributed by atoms with van der Waals surface area (Å²) in [5.74, 6) is 0. The molecule has 0 aromatic carbocycles. The summed E-state index contributed by atoms with van der Waals surface area (Å²) in [6.07, 6.45) is 2.81. The maximum atomic E-state index is 3.61. The zero-order chi connectivity index (χ0) is 6.57. The van der Waals surface area contributed by atoms with Gasteiger partial charge in [0.05, 0.1) is 3.39 Å². The summed E-state index contributed by atoms with van der Waals surface area (Å²) < 4.78 is 1.03. The van der Waals surface area contributed by atoms with Crippen LogP contribution in [0.1, 0.15) is 13.3 Å². The summed E-state index contributed by atoms with van der Waals surface area (Å²) in [4.78, 5) is 0. The van der Waals surface area contributed by atoms with Crippen molar-refractivity contribution in [2.45, 2.75) is 13.3 Å². The first-order valence-corrected chi connectivity index (χ1v) is 3.88. The standard InChI is InChI=1S/C6H8Br2/c1-3-4-5(2)6(7)8/h3H,1,4H2,2H3. The van der Waals surface area contributed by atoms with Crippen LogP contribution in [-0.2, 0) is 0 Å². The van der Waals surface area contributed by atoms with E-state index in [1.165, 1.54) is 5.57 Å². The van der Waals surface area contributed by atoms with E-state index in [0.29, 0.717) is 0 Å². The van der Waals surface area contributed by atoms with E-state index in [-0.39, 0.29) is 0 Å². The van der Waals surface area contributed by atoms with Crippen molar-refractivity contribution in [2.24, 2.45) is 0 Å². The lowest BCUT2D eigenvalue weighted by molar-refractivity contribution is 1.23. The number of allylic oxidation sites excluding steroid dienone is 2. The molecule has 8 heavy (non-hydrogen) atoms. The smallest absolute Gasteiger partial charge is 0.0596 e. The van der Waals surface area contributed by atoms with Gasteiger partial charge in [0.15, 0.2) is 0 Å². The highest BCUT2D eigenvalue weighted by Gasteiger charge is 1.88. The molecule has 0 fully saturated rings. The number of halogens is 2. The second-order valence-electron chi connectivity index (χ2n) is 1.53. The molecule has 0 heterocycles. The molecule has 0 bridgehead atoms. The lowest BCUT2D eigenvalue weighted by atomic mass is 10.2. The van der Waals surface area contributed by atoms with Crippen LogP contribution in [-0.4, -0.2) is 0 Å². The van der Waals surface area contributed by atoms with Gasteiger partial charge in [-0.1, -0.05) is 6.08 Å². The molecule has 0 aromatic heterocycles. The molecule has 46 valence electrons. The lowest BCUT2D eigenvalue weighted by Gasteiger charge is -1.92. The van der Waals surface area contributed by atoms with Crippen LogP contribution >= 0.6 is 31.9 Å². The second-order valence-corrected chi connectivity index (χ2v) is 4.18. The SMILES string of the molecule is C=CCC(C)=C(Br)Br. The van der Waals surface area contributed by atoms with Crippen molar-refractivity contribution in [3.63, 3.8) is 0 Å². The molecule has 0 atom stereocenters.